The third kappa shape index (κ3) is 8.25. The van der Waals surface area contributed by atoms with Crippen LogP contribution in [0.1, 0.15) is 32.1 Å². The minimum Gasteiger partial charge on any atom is -0.385 e. The molecule has 0 unspecified atom stereocenters. The van der Waals surface area contributed by atoms with E-state index < -0.39 is 0 Å². The predicted octanol–water partition coefficient (Wildman–Crippen LogP) is 2.09. The third-order valence-electron chi connectivity index (χ3n) is 3.87. The molecule has 0 spiro atoms. The molecule has 5 heteroatoms. The number of piperazine rings is 1. The lowest BCUT2D eigenvalue weighted by Crippen LogP contribution is -2.46. The lowest BCUT2D eigenvalue weighted by atomic mass is 10.2. The quantitative estimate of drug-likeness (QED) is 0.577. The fraction of sp³-hybridized carbons (Fsp3) is 0.933. The van der Waals surface area contributed by atoms with Gasteiger partial charge in [0.15, 0.2) is 5.12 Å². The van der Waals surface area contributed by atoms with E-state index in [-0.39, 0.29) is 0 Å². The summed E-state index contributed by atoms with van der Waals surface area (Å²) in [7, 11) is 1.77. The van der Waals surface area contributed by atoms with Crippen LogP contribution in [0.25, 0.3) is 0 Å². The summed E-state index contributed by atoms with van der Waals surface area (Å²) in [4.78, 5) is 16.3. The number of methoxy groups -OCH3 is 1. The Morgan fingerprint density at radius 1 is 1.00 bits per heavy atom. The molecular formula is C15H30N2O2S. The van der Waals surface area contributed by atoms with E-state index in [1.807, 2.05) is 6.26 Å². The summed E-state index contributed by atoms with van der Waals surface area (Å²) in [6, 6.07) is 0. The maximum atomic E-state index is 11.2. The van der Waals surface area contributed by atoms with Gasteiger partial charge in [0.2, 0.25) is 0 Å². The van der Waals surface area contributed by atoms with Gasteiger partial charge in [0.1, 0.15) is 0 Å². The van der Waals surface area contributed by atoms with Crippen LogP contribution in [-0.2, 0) is 9.53 Å². The van der Waals surface area contributed by atoms with Crippen molar-refractivity contribution in [2.24, 2.45) is 0 Å². The Kier molecular flexibility index (Phi) is 10.4. The summed E-state index contributed by atoms with van der Waals surface area (Å²) in [6.07, 6.45) is 7.21. The lowest BCUT2D eigenvalue weighted by molar-refractivity contribution is -0.111. The molecule has 20 heavy (non-hydrogen) atoms. The molecule has 0 aromatic carbocycles. The summed E-state index contributed by atoms with van der Waals surface area (Å²) in [5, 5.41) is 0.328. The highest BCUT2D eigenvalue weighted by molar-refractivity contribution is 8.13. The molecule has 0 aromatic rings. The number of rotatable bonds is 10. The van der Waals surface area contributed by atoms with Crippen molar-refractivity contribution in [3.05, 3.63) is 0 Å². The Hall–Kier alpha value is -0.100. The first-order valence-corrected chi connectivity index (χ1v) is 8.99. The van der Waals surface area contributed by atoms with E-state index in [4.69, 9.17) is 4.74 Å². The van der Waals surface area contributed by atoms with Gasteiger partial charge in [-0.3, -0.25) is 4.79 Å². The van der Waals surface area contributed by atoms with Gasteiger partial charge in [0, 0.05) is 52.9 Å². The first kappa shape index (κ1) is 18.0. The highest BCUT2D eigenvalue weighted by atomic mass is 32.2. The van der Waals surface area contributed by atoms with E-state index in [0.29, 0.717) is 5.12 Å². The van der Waals surface area contributed by atoms with Gasteiger partial charge in [-0.15, -0.1) is 0 Å². The summed E-state index contributed by atoms with van der Waals surface area (Å²) >= 11 is 1.36. The number of unbranched alkanes of at least 4 members (excludes halogenated alkanes) is 2. The summed E-state index contributed by atoms with van der Waals surface area (Å²) in [6.45, 7) is 7.99. The van der Waals surface area contributed by atoms with Gasteiger partial charge in [-0.2, -0.15) is 0 Å². The molecule has 118 valence electrons. The van der Waals surface area contributed by atoms with Gasteiger partial charge in [-0.05, 0) is 32.1 Å². The highest BCUT2D eigenvalue weighted by Crippen LogP contribution is 2.09. The molecule has 0 atom stereocenters. The second-order valence-corrected chi connectivity index (χ2v) is 6.28. The number of thioether (sulfide) groups is 1. The number of nitrogens with zero attached hydrogens (tertiary/aromatic N) is 2. The molecule has 0 saturated carbocycles. The molecule has 0 bridgehead atoms. The van der Waals surface area contributed by atoms with Gasteiger partial charge in [-0.25, -0.2) is 0 Å². The van der Waals surface area contributed by atoms with Crippen LogP contribution >= 0.6 is 11.8 Å². The second kappa shape index (κ2) is 11.5. The zero-order valence-corrected chi connectivity index (χ0v) is 13.9. The van der Waals surface area contributed by atoms with E-state index in [9.17, 15) is 4.79 Å². The van der Waals surface area contributed by atoms with Crippen molar-refractivity contribution < 1.29 is 9.53 Å². The van der Waals surface area contributed by atoms with E-state index in [1.165, 1.54) is 63.9 Å². The number of hydrogen-bond acceptors (Lipinski definition) is 5. The van der Waals surface area contributed by atoms with E-state index in [2.05, 4.69) is 9.80 Å². The molecule has 4 nitrogen and oxygen atoms in total. The van der Waals surface area contributed by atoms with Crippen LogP contribution in [0, 0.1) is 0 Å². The fourth-order valence-corrected chi connectivity index (χ4v) is 2.90. The molecule has 0 N–H and O–H groups in total. The minimum absolute atomic E-state index is 0.328. The van der Waals surface area contributed by atoms with Crippen LogP contribution < -0.4 is 0 Å². The van der Waals surface area contributed by atoms with Crippen LogP contribution in [0.4, 0.5) is 0 Å². The van der Waals surface area contributed by atoms with Crippen molar-refractivity contribution in [2.75, 3.05) is 59.2 Å². The Morgan fingerprint density at radius 3 is 2.15 bits per heavy atom. The first-order valence-electron chi connectivity index (χ1n) is 7.76. The van der Waals surface area contributed by atoms with Gasteiger partial charge in [-0.1, -0.05) is 18.2 Å². The summed E-state index contributed by atoms with van der Waals surface area (Å²) in [5.41, 5.74) is 0. The molecule has 1 aliphatic rings. The molecule has 0 amide bonds. The first-order chi connectivity index (χ1) is 9.76. The number of carbonyl (C=O) groups is 1. The molecule has 1 fully saturated rings. The van der Waals surface area contributed by atoms with Crippen LogP contribution in [0.15, 0.2) is 0 Å². The van der Waals surface area contributed by atoms with E-state index >= 15 is 0 Å². The van der Waals surface area contributed by atoms with E-state index in [0.717, 1.165) is 25.9 Å². The Bertz CT molecular complexity index is 256. The normalized spacial score (nSPS) is 17.5. The maximum Gasteiger partial charge on any atom is 0.188 e. The predicted molar refractivity (Wildman–Crippen MR) is 86.4 cm³/mol. The average Bonchev–Trinajstić information content (AvgIpc) is 2.48. The van der Waals surface area contributed by atoms with Crippen molar-refractivity contribution >= 4 is 16.9 Å². The zero-order valence-electron chi connectivity index (χ0n) is 13.1. The zero-order chi connectivity index (χ0) is 14.6. The van der Waals surface area contributed by atoms with Crippen molar-refractivity contribution in [3.8, 4) is 0 Å². The SMILES string of the molecule is COCCCN1CCN(CCCCCC(=O)SC)CC1. The van der Waals surface area contributed by atoms with Gasteiger partial charge in [0.25, 0.3) is 0 Å². The molecular weight excluding hydrogens is 272 g/mol. The number of hydrogen-bond donors (Lipinski definition) is 0. The van der Waals surface area contributed by atoms with Crippen LogP contribution in [0.3, 0.4) is 0 Å². The van der Waals surface area contributed by atoms with Crippen molar-refractivity contribution in [2.45, 2.75) is 32.1 Å². The van der Waals surface area contributed by atoms with Crippen LogP contribution in [0.2, 0.25) is 0 Å². The van der Waals surface area contributed by atoms with Gasteiger partial charge >= 0.3 is 0 Å². The topological polar surface area (TPSA) is 32.8 Å². The van der Waals surface area contributed by atoms with Gasteiger partial charge < -0.3 is 14.5 Å². The number of carbonyl (C=O) groups excluding carboxylic acids is 1. The Labute approximate surface area is 128 Å². The number of ether oxygens (including phenoxy) is 1. The molecule has 1 heterocycles. The van der Waals surface area contributed by atoms with E-state index in [1.54, 1.807) is 7.11 Å². The largest absolute Gasteiger partial charge is 0.385 e. The molecule has 1 aliphatic heterocycles. The lowest BCUT2D eigenvalue weighted by Gasteiger charge is -2.34. The summed E-state index contributed by atoms with van der Waals surface area (Å²) < 4.78 is 5.09. The molecule has 1 rings (SSSR count). The highest BCUT2D eigenvalue weighted by Gasteiger charge is 2.15. The Morgan fingerprint density at radius 2 is 1.60 bits per heavy atom. The van der Waals surface area contributed by atoms with Gasteiger partial charge in [0.05, 0.1) is 0 Å². The average molecular weight is 302 g/mol. The Balaban J connectivity index is 1.95. The van der Waals surface area contributed by atoms with Crippen molar-refractivity contribution in [1.82, 2.24) is 9.80 Å². The monoisotopic (exact) mass is 302 g/mol. The molecule has 0 aromatic heterocycles. The standard InChI is InChI=1S/C15H30N2O2S/c1-19-14-6-9-17-12-10-16(11-13-17)8-5-3-4-7-15(18)20-2/h3-14H2,1-2H3. The smallest absolute Gasteiger partial charge is 0.188 e. The van der Waals surface area contributed by atoms with Crippen LogP contribution in [-0.4, -0.2) is 74.2 Å². The fourth-order valence-electron chi connectivity index (χ4n) is 2.55. The minimum atomic E-state index is 0.328. The van der Waals surface area contributed by atoms with Crippen molar-refractivity contribution in [3.63, 3.8) is 0 Å². The maximum absolute atomic E-state index is 11.2. The summed E-state index contributed by atoms with van der Waals surface area (Å²) in [5.74, 6) is 0. The third-order valence-corrected chi connectivity index (χ3v) is 4.53. The molecule has 1 saturated heterocycles. The molecule has 0 aliphatic carbocycles. The molecule has 0 radical (unpaired) electrons. The van der Waals surface area contributed by atoms with Crippen molar-refractivity contribution in [1.29, 1.82) is 0 Å². The second-order valence-electron chi connectivity index (χ2n) is 5.42. The van der Waals surface area contributed by atoms with Crippen LogP contribution in [0.5, 0.6) is 0 Å².